The lowest BCUT2D eigenvalue weighted by Crippen LogP contribution is -2.45. The van der Waals surface area contributed by atoms with E-state index in [4.69, 9.17) is 9.15 Å². The Balaban J connectivity index is 1.24. The first-order valence-electron chi connectivity index (χ1n) is 14.8. The molecule has 0 saturated carbocycles. The fourth-order valence-corrected chi connectivity index (χ4v) is 6.03. The molecule has 1 aliphatic heterocycles. The zero-order valence-electron chi connectivity index (χ0n) is 26.5. The van der Waals surface area contributed by atoms with Gasteiger partial charge in [0.2, 0.25) is 0 Å². The first-order chi connectivity index (χ1) is 20.9. The van der Waals surface area contributed by atoms with Crippen molar-refractivity contribution in [1.29, 1.82) is 0 Å². The van der Waals surface area contributed by atoms with E-state index in [0.717, 1.165) is 29.1 Å². The maximum atomic E-state index is 13.5. The number of benzene rings is 1. The van der Waals surface area contributed by atoms with Gasteiger partial charge in [0.1, 0.15) is 23.6 Å². The maximum Gasteiger partial charge on any atom is 0.416 e. The van der Waals surface area contributed by atoms with Gasteiger partial charge in [-0.25, -0.2) is 9.48 Å². The molecule has 1 saturated heterocycles. The Morgan fingerprint density at radius 2 is 1.73 bits per heavy atom. The number of esters is 1. The second-order valence-corrected chi connectivity index (χ2v) is 13.1. The molecule has 4 heterocycles. The molecule has 3 aromatic heterocycles. The molecule has 1 unspecified atom stereocenters. The van der Waals surface area contributed by atoms with Gasteiger partial charge in [-0.05, 0) is 90.8 Å². The average molecular weight is 626 g/mol. The van der Waals surface area contributed by atoms with Crippen LogP contribution in [0.4, 0.5) is 13.2 Å². The van der Waals surface area contributed by atoms with Crippen molar-refractivity contribution in [1.82, 2.24) is 24.5 Å². The number of ether oxygens (including phenoxy) is 1. The summed E-state index contributed by atoms with van der Waals surface area (Å²) >= 11 is 0. The van der Waals surface area contributed by atoms with Crippen molar-refractivity contribution in [3.8, 4) is 0 Å². The van der Waals surface area contributed by atoms with Crippen LogP contribution in [0.1, 0.15) is 102 Å². The minimum atomic E-state index is -4.40. The van der Waals surface area contributed by atoms with Gasteiger partial charge in [-0.3, -0.25) is 4.79 Å². The van der Waals surface area contributed by atoms with Crippen molar-refractivity contribution in [2.45, 2.75) is 91.2 Å². The summed E-state index contributed by atoms with van der Waals surface area (Å²) in [5.74, 6) is -0.0775. The first kappa shape index (κ1) is 32.1. The number of aryl methyl sites for hydroxylation is 1. The van der Waals surface area contributed by atoms with Gasteiger partial charge in [-0.1, -0.05) is 17.3 Å². The Hall–Kier alpha value is -4.35. The molecule has 1 amide bonds. The van der Waals surface area contributed by atoms with Gasteiger partial charge in [0.15, 0.2) is 5.76 Å². The van der Waals surface area contributed by atoms with Gasteiger partial charge < -0.3 is 18.6 Å². The standard InChI is InChI=1S/C33H38F3N5O4/c1-20-16-26(30(43)45-31(3,4)5)21(2)40(20)18-24-17-39(38-37-24)19-25-12-13-28(44-25)29(42)41-15-14-27(32(41,6)7)22-8-10-23(11-9-22)33(34,35)36/h8-13,16-17,27H,14-15,18-19H2,1-7H3. The third kappa shape index (κ3) is 6.69. The number of alkyl halides is 3. The summed E-state index contributed by atoms with van der Waals surface area (Å²) in [5.41, 5.74) is 1.69. The molecule has 1 aromatic carbocycles. The molecule has 1 aliphatic rings. The van der Waals surface area contributed by atoms with Crippen LogP contribution in [0.2, 0.25) is 0 Å². The molecule has 240 valence electrons. The van der Waals surface area contributed by atoms with E-state index in [1.165, 1.54) is 12.1 Å². The molecular formula is C33H38F3N5O4. The van der Waals surface area contributed by atoms with Crippen LogP contribution < -0.4 is 0 Å². The summed E-state index contributed by atoms with van der Waals surface area (Å²) in [4.78, 5) is 27.9. The summed E-state index contributed by atoms with van der Waals surface area (Å²) < 4.78 is 54.2. The van der Waals surface area contributed by atoms with Gasteiger partial charge >= 0.3 is 12.1 Å². The number of likely N-dealkylation sites (tertiary alicyclic amines) is 1. The smallest absolute Gasteiger partial charge is 0.416 e. The number of hydrogen-bond donors (Lipinski definition) is 0. The highest BCUT2D eigenvalue weighted by Crippen LogP contribution is 2.43. The van der Waals surface area contributed by atoms with Crippen LogP contribution in [-0.4, -0.2) is 54.0 Å². The number of amides is 1. The molecule has 0 radical (unpaired) electrons. The number of furan rings is 1. The zero-order chi connectivity index (χ0) is 32.9. The van der Waals surface area contributed by atoms with Crippen molar-refractivity contribution in [3.05, 3.63) is 94.0 Å². The lowest BCUT2D eigenvalue weighted by molar-refractivity contribution is -0.137. The molecule has 1 atom stereocenters. The summed E-state index contributed by atoms with van der Waals surface area (Å²) in [7, 11) is 0. The van der Waals surface area contributed by atoms with Crippen LogP contribution in [0.15, 0.2) is 53.1 Å². The van der Waals surface area contributed by atoms with E-state index in [9.17, 15) is 22.8 Å². The summed E-state index contributed by atoms with van der Waals surface area (Å²) in [6, 6.07) is 10.3. The van der Waals surface area contributed by atoms with E-state index in [-0.39, 0.29) is 30.1 Å². The molecule has 0 aliphatic carbocycles. The molecular weight excluding hydrogens is 587 g/mol. The van der Waals surface area contributed by atoms with Crippen molar-refractivity contribution in [2.24, 2.45) is 0 Å². The van der Waals surface area contributed by atoms with Gasteiger partial charge in [0, 0.05) is 29.4 Å². The average Bonchev–Trinajstić information content (AvgIpc) is 3.71. The van der Waals surface area contributed by atoms with Crippen LogP contribution >= 0.6 is 0 Å². The number of rotatable bonds is 7. The first-order valence-corrected chi connectivity index (χ1v) is 14.8. The third-order valence-electron chi connectivity index (χ3n) is 8.36. The largest absolute Gasteiger partial charge is 0.456 e. The second-order valence-electron chi connectivity index (χ2n) is 13.1. The number of carbonyl (C=O) groups excluding carboxylic acids is 2. The van der Waals surface area contributed by atoms with Crippen molar-refractivity contribution in [2.75, 3.05) is 6.54 Å². The van der Waals surface area contributed by atoms with E-state index >= 15 is 0 Å². The lowest BCUT2D eigenvalue weighted by atomic mass is 9.82. The predicted octanol–water partition coefficient (Wildman–Crippen LogP) is 6.77. The second kappa shape index (κ2) is 11.5. The van der Waals surface area contributed by atoms with Gasteiger partial charge in [-0.15, -0.1) is 5.10 Å². The van der Waals surface area contributed by atoms with Gasteiger partial charge in [0.05, 0.1) is 23.9 Å². The van der Waals surface area contributed by atoms with E-state index in [1.807, 2.05) is 59.1 Å². The monoisotopic (exact) mass is 625 g/mol. The number of aromatic nitrogens is 4. The van der Waals surface area contributed by atoms with Gasteiger partial charge in [0.25, 0.3) is 5.91 Å². The highest BCUT2D eigenvalue weighted by Gasteiger charge is 2.45. The fraction of sp³-hybridized carbons (Fsp3) is 0.455. The third-order valence-corrected chi connectivity index (χ3v) is 8.36. The zero-order valence-corrected chi connectivity index (χ0v) is 26.5. The SMILES string of the molecule is Cc1cc(C(=O)OC(C)(C)C)c(C)n1Cc1cn(Cc2ccc(C(=O)N3CCC(c4ccc(C(F)(F)F)cc4)C3(C)C)o2)nn1. The predicted molar refractivity (Wildman–Crippen MR) is 160 cm³/mol. The van der Waals surface area contributed by atoms with Crippen molar-refractivity contribution in [3.63, 3.8) is 0 Å². The van der Waals surface area contributed by atoms with Crippen LogP contribution in [0.25, 0.3) is 0 Å². The van der Waals surface area contributed by atoms with Crippen molar-refractivity contribution < 1.29 is 31.9 Å². The molecule has 12 heteroatoms. The Labute approximate surface area is 260 Å². The van der Waals surface area contributed by atoms with E-state index < -0.39 is 22.9 Å². The lowest BCUT2D eigenvalue weighted by Gasteiger charge is -2.36. The summed E-state index contributed by atoms with van der Waals surface area (Å²) in [6.07, 6.45) is -1.99. The van der Waals surface area contributed by atoms with Crippen LogP contribution in [0.3, 0.4) is 0 Å². The molecule has 0 N–H and O–H groups in total. The normalized spacial score (nSPS) is 16.8. The number of nitrogens with zero attached hydrogens (tertiary/aromatic N) is 5. The molecule has 4 aromatic rings. The molecule has 5 rings (SSSR count). The molecule has 45 heavy (non-hydrogen) atoms. The topological polar surface area (TPSA) is 95.4 Å². The number of carbonyl (C=O) groups is 2. The summed E-state index contributed by atoms with van der Waals surface area (Å²) in [5, 5.41) is 8.49. The quantitative estimate of drug-likeness (QED) is 0.211. The Kier molecular flexibility index (Phi) is 8.22. The van der Waals surface area contributed by atoms with Crippen LogP contribution in [-0.2, 0) is 24.0 Å². The van der Waals surface area contributed by atoms with E-state index in [0.29, 0.717) is 36.5 Å². The molecule has 0 spiro atoms. The minimum Gasteiger partial charge on any atom is -0.456 e. The molecule has 1 fully saturated rings. The Bertz CT molecular complexity index is 1710. The van der Waals surface area contributed by atoms with Crippen molar-refractivity contribution >= 4 is 11.9 Å². The highest BCUT2D eigenvalue weighted by atomic mass is 19.4. The molecule has 9 nitrogen and oxygen atoms in total. The van der Waals surface area contributed by atoms with E-state index in [2.05, 4.69) is 10.3 Å². The number of hydrogen-bond acceptors (Lipinski definition) is 6. The minimum absolute atomic E-state index is 0.125. The number of halogens is 3. The fourth-order valence-electron chi connectivity index (χ4n) is 6.03. The molecule has 0 bridgehead atoms. The Morgan fingerprint density at radius 1 is 1.04 bits per heavy atom. The highest BCUT2D eigenvalue weighted by molar-refractivity contribution is 5.92. The maximum absolute atomic E-state index is 13.5. The van der Waals surface area contributed by atoms with Crippen LogP contribution in [0.5, 0.6) is 0 Å². The van der Waals surface area contributed by atoms with E-state index in [1.54, 1.807) is 27.9 Å². The summed E-state index contributed by atoms with van der Waals surface area (Å²) in [6.45, 7) is 14.2. The Morgan fingerprint density at radius 3 is 2.38 bits per heavy atom. The van der Waals surface area contributed by atoms with Crippen LogP contribution in [0, 0.1) is 13.8 Å². The van der Waals surface area contributed by atoms with Gasteiger partial charge in [-0.2, -0.15) is 13.2 Å².